The number of para-hydroxylation sites is 1. The number of likely N-dealkylation sites (N-methyl/N-ethyl adjacent to an activating group) is 1. The number of fused-ring (bicyclic) bond motifs is 2. The lowest BCUT2D eigenvalue weighted by molar-refractivity contribution is -0.144. The van der Waals surface area contributed by atoms with Crippen LogP contribution in [-0.4, -0.2) is 193 Å². The van der Waals surface area contributed by atoms with Crippen molar-refractivity contribution in [2.24, 2.45) is 5.92 Å². The van der Waals surface area contributed by atoms with Gasteiger partial charge in [0.05, 0.1) is 25.2 Å². The molecule has 22 nitrogen and oxygen atoms in total. The molecule has 4 aromatic rings. The summed E-state index contributed by atoms with van der Waals surface area (Å²) in [6, 6.07) is 15.3. The molecule has 4 N–H and O–H groups in total. The van der Waals surface area contributed by atoms with Crippen molar-refractivity contribution in [1.29, 1.82) is 0 Å². The monoisotopic (exact) mass is 1320 g/mol. The fourth-order valence-corrected chi connectivity index (χ4v) is 13.0. The first kappa shape index (κ1) is 71.2. The van der Waals surface area contributed by atoms with Gasteiger partial charge < -0.3 is 54.9 Å². The third-order valence-electron chi connectivity index (χ3n) is 18.3. The second-order valence-corrected chi connectivity index (χ2v) is 27.9. The van der Waals surface area contributed by atoms with Gasteiger partial charge in [-0.15, -0.1) is 0 Å². The Balaban J connectivity index is 0.897. The SMILES string of the molecule is C[C@@H]1COCCN1C[C@H]1CN(C(=O)OC(C)(C)C)[C@@H](C)CN1CC(=O)N1C[C@@](C)(C(=O)NCCCC(=O)Nc2ccc3c(c2)[C@@H](C(=O)Nc2c(F)cccc2F)N(C(=O)[C@@H](NC(=O)[C@H](C)N(C)C(=O)OC(C)(C)C)C2CCOCC2)C3)c2ccc(Cc3ccc(F)cc3)cc21. The molecule has 0 bridgehead atoms. The number of benzene rings is 4. The van der Waals surface area contributed by atoms with Crippen LogP contribution in [0.25, 0.3) is 0 Å². The molecule has 9 rings (SSSR count). The Morgan fingerprint density at radius 3 is 2.14 bits per heavy atom. The lowest BCUT2D eigenvalue weighted by atomic mass is 9.83. The highest BCUT2D eigenvalue weighted by atomic mass is 19.1. The van der Waals surface area contributed by atoms with Crippen LogP contribution in [0.3, 0.4) is 0 Å². The van der Waals surface area contributed by atoms with Gasteiger partial charge in [-0.3, -0.25) is 43.5 Å². The fourth-order valence-electron chi connectivity index (χ4n) is 13.0. The summed E-state index contributed by atoms with van der Waals surface area (Å²) in [6.07, 6.45) is 0.0409. The van der Waals surface area contributed by atoms with Crippen LogP contribution in [0.2, 0.25) is 0 Å². The molecule has 4 aromatic carbocycles. The fraction of sp³-hybridized carbons (Fsp3) is 0.543. The van der Waals surface area contributed by atoms with Gasteiger partial charge in [0.15, 0.2) is 0 Å². The van der Waals surface area contributed by atoms with Gasteiger partial charge in [-0.25, -0.2) is 22.8 Å². The summed E-state index contributed by atoms with van der Waals surface area (Å²) in [5.41, 5.74) is 0.253. The third-order valence-corrected chi connectivity index (χ3v) is 18.3. The smallest absolute Gasteiger partial charge is 0.410 e. The van der Waals surface area contributed by atoms with Gasteiger partial charge in [0.25, 0.3) is 5.91 Å². The number of piperazine rings is 1. The molecule has 5 aliphatic heterocycles. The van der Waals surface area contributed by atoms with Gasteiger partial charge in [-0.05, 0) is 171 Å². The summed E-state index contributed by atoms with van der Waals surface area (Å²) in [5, 5.41) is 11.1. The molecule has 0 radical (unpaired) electrons. The second kappa shape index (κ2) is 29.9. The van der Waals surface area contributed by atoms with Gasteiger partial charge in [-0.1, -0.05) is 36.4 Å². The van der Waals surface area contributed by atoms with E-state index in [1.54, 1.807) is 61.8 Å². The number of morpholine rings is 1. The van der Waals surface area contributed by atoms with E-state index >= 15 is 18.4 Å². The highest BCUT2D eigenvalue weighted by Gasteiger charge is 2.49. The number of rotatable bonds is 19. The standard InChI is InChI=1S/C70H91F3N10O12/c1-42-35-80(51(37-79-28-31-93-40-43(79)2)38-81(42)67(91)95-69(7,8)9)39-58(85)83-41-70(10,53-24-19-46(33-56(53)83)32-45-17-21-49(71)22-18-45)65(89)74-27-13-16-57(84)75-50-23-20-48-36-82(61(52(48)34-50)63(87)77-60-54(72)14-12-15-55(60)73)64(88)59(47-25-29-92-30-26-47)76-62(86)44(3)78(11)66(90)94-68(4,5)6/h12,14-15,17-24,33-34,42-44,47,51,59,61H,13,16,25-32,35-41H2,1-11H3,(H,74,89)(H,75,84)(H,76,86)(H,77,87)/t42-,43+,44-,51-,59-,61-,70+/m0/s1. The summed E-state index contributed by atoms with van der Waals surface area (Å²) in [7, 11) is 1.40. The van der Waals surface area contributed by atoms with Crippen LogP contribution in [0.15, 0.2) is 78.9 Å². The van der Waals surface area contributed by atoms with Crippen LogP contribution in [0, 0.1) is 23.4 Å². The number of halogens is 3. The van der Waals surface area contributed by atoms with Crippen molar-refractivity contribution in [2.75, 3.05) is 94.8 Å². The Bertz CT molecular complexity index is 3480. The van der Waals surface area contributed by atoms with Crippen LogP contribution in [0.4, 0.5) is 39.8 Å². The average molecular weight is 1320 g/mol. The lowest BCUT2D eigenvalue weighted by Gasteiger charge is -2.47. The normalized spacial score (nSPS) is 21.6. The Kier molecular flexibility index (Phi) is 22.4. The van der Waals surface area contributed by atoms with Crippen molar-refractivity contribution < 1.29 is 70.5 Å². The van der Waals surface area contributed by atoms with Crippen LogP contribution >= 0.6 is 0 Å². The number of nitrogens with zero attached hydrogens (tertiary/aromatic N) is 6. The molecule has 514 valence electrons. The minimum Gasteiger partial charge on any atom is -0.444 e. The van der Waals surface area contributed by atoms with Crippen molar-refractivity contribution in [3.8, 4) is 0 Å². The Hall–Kier alpha value is -8.13. The largest absolute Gasteiger partial charge is 0.444 e. The summed E-state index contributed by atoms with van der Waals surface area (Å²) in [6.45, 7) is 21.3. The number of carbonyl (C=O) groups excluding carboxylic acids is 8. The molecule has 0 saturated carbocycles. The molecule has 0 aliphatic carbocycles. The molecular weight excluding hydrogens is 1230 g/mol. The molecule has 7 atom stereocenters. The summed E-state index contributed by atoms with van der Waals surface area (Å²) >= 11 is 0. The maximum atomic E-state index is 15.2. The van der Waals surface area contributed by atoms with E-state index in [4.69, 9.17) is 18.9 Å². The van der Waals surface area contributed by atoms with Crippen molar-refractivity contribution in [3.63, 3.8) is 0 Å². The van der Waals surface area contributed by atoms with E-state index in [1.807, 2.05) is 45.9 Å². The third kappa shape index (κ3) is 17.3. The molecule has 8 amide bonds. The number of ether oxygens (including phenoxy) is 4. The number of hydrogen-bond donors (Lipinski definition) is 4. The van der Waals surface area contributed by atoms with Gasteiger partial charge in [0.1, 0.15) is 52.5 Å². The van der Waals surface area contributed by atoms with Gasteiger partial charge in [0.2, 0.25) is 29.5 Å². The highest BCUT2D eigenvalue weighted by Crippen LogP contribution is 2.43. The number of amides is 8. The average Bonchev–Trinajstić information content (AvgIpc) is 1.55. The van der Waals surface area contributed by atoms with Crippen molar-refractivity contribution in [2.45, 2.75) is 161 Å². The van der Waals surface area contributed by atoms with E-state index in [0.717, 1.165) is 34.2 Å². The number of hydrogen-bond acceptors (Lipinski definition) is 14. The minimum atomic E-state index is -1.52. The lowest BCUT2D eigenvalue weighted by Crippen LogP contribution is -2.64. The van der Waals surface area contributed by atoms with E-state index in [9.17, 15) is 33.2 Å². The first-order valence-corrected chi connectivity index (χ1v) is 32.7. The predicted octanol–water partition coefficient (Wildman–Crippen LogP) is 8.05. The molecule has 0 spiro atoms. The summed E-state index contributed by atoms with van der Waals surface area (Å²) < 4.78 is 67.1. The molecule has 25 heteroatoms. The van der Waals surface area contributed by atoms with E-state index in [-0.39, 0.29) is 99.2 Å². The van der Waals surface area contributed by atoms with Gasteiger partial charge in [-0.2, -0.15) is 0 Å². The van der Waals surface area contributed by atoms with E-state index in [0.29, 0.717) is 75.5 Å². The quantitative estimate of drug-likeness (QED) is 0.0650. The van der Waals surface area contributed by atoms with Crippen molar-refractivity contribution >= 4 is 64.7 Å². The van der Waals surface area contributed by atoms with Crippen LogP contribution in [0.5, 0.6) is 0 Å². The maximum absolute atomic E-state index is 15.2. The van der Waals surface area contributed by atoms with Crippen LogP contribution < -0.4 is 26.2 Å². The van der Waals surface area contributed by atoms with E-state index in [1.165, 1.54) is 37.1 Å². The maximum Gasteiger partial charge on any atom is 0.410 e. The van der Waals surface area contributed by atoms with Crippen LogP contribution in [0.1, 0.15) is 129 Å². The first-order valence-electron chi connectivity index (χ1n) is 32.7. The van der Waals surface area contributed by atoms with E-state index < -0.39 is 93.8 Å². The highest BCUT2D eigenvalue weighted by molar-refractivity contribution is 6.04. The minimum absolute atomic E-state index is 0.000826. The Morgan fingerprint density at radius 1 is 0.779 bits per heavy atom. The Labute approximate surface area is 553 Å². The first-order chi connectivity index (χ1) is 44.9. The van der Waals surface area contributed by atoms with Crippen molar-refractivity contribution in [3.05, 3.63) is 124 Å². The zero-order chi connectivity index (χ0) is 68.8. The van der Waals surface area contributed by atoms with E-state index in [2.05, 4.69) is 38.0 Å². The summed E-state index contributed by atoms with van der Waals surface area (Å²) in [5.74, 6) is -6.38. The molecule has 0 aromatic heterocycles. The number of carbonyl (C=O) groups is 8. The van der Waals surface area contributed by atoms with Crippen LogP contribution in [-0.2, 0) is 66.1 Å². The van der Waals surface area contributed by atoms with Gasteiger partial charge in [0, 0.05) is 102 Å². The Morgan fingerprint density at radius 2 is 1.46 bits per heavy atom. The molecule has 3 fully saturated rings. The number of nitrogens with one attached hydrogen (secondary N) is 4. The summed E-state index contributed by atoms with van der Waals surface area (Å²) in [4.78, 5) is 124. The topological polar surface area (TPSA) is 241 Å². The molecule has 5 heterocycles. The molecule has 5 aliphatic rings. The molecular formula is C70H91F3N10O12. The molecule has 3 saturated heterocycles. The second-order valence-electron chi connectivity index (χ2n) is 27.9. The van der Waals surface area contributed by atoms with Gasteiger partial charge >= 0.3 is 12.2 Å². The number of anilines is 3. The zero-order valence-electron chi connectivity index (χ0n) is 56.3. The molecule has 95 heavy (non-hydrogen) atoms. The zero-order valence-corrected chi connectivity index (χ0v) is 56.3. The van der Waals surface area contributed by atoms with Crippen molar-refractivity contribution in [1.82, 2.24) is 35.1 Å². The predicted molar refractivity (Wildman–Crippen MR) is 349 cm³/mol. The molecule has 0 unspecified atom stereocenters.